The number of nitrogens with zero attached hydrogens (tertiary/aromatic N) is 1. The van der Waals surface area contributed by atoms with Gasteiger partial charge in [0.1, 0.15) is 0 Å². The highest BCUT2D eigenvalue weighted by atomic mass is 16.5. The smallest absolute Gasteiger partial charge is 0.0588 e. The Labute approximate surface area is 98.8 Å². The molecule has 94 valence electrons. The van der Waals surface area contributed by atoms with Gasteiger partial charge in [-0.15, -0.1) is 0 Å². The van der Waals surface area contributed by atoms with Gasteiger partial charge in [0.2, 0.25) is 0 Å². The Balaban J connectivity index is 1.70. The highest BCUT2D eigenvalue weighted by Gasteiger charge is 2.26. The number of aliphatic hydroxyl groups is 1. The Morgan fingerprint density at radius 1 is 1.38 bits per heavy atom. The second kappa shape index (κ2) is 5.99. The van der Waals surface area contributed by atoms with E-state index in [2.05, 4.69) is 4.90 Å². The highest BCUT2D eigenvalue weighted by Crippen LogP contribution is 2.23. The fourth-order valence-corrected chi connectivity index (χ4v) is 3.03. The molecule has 1 N–H and O–H groups in total. The molecule has 3 nitrogen and oxygen atoms in total. The van der Waals surface area contributed by atoms with Crippen molar-refractivity contribution in [3.8, 4) is 0 Å². The lowest BCUT2D eigenvalue weighted by Crippen LogP contribution is -2.34. The fraction of sp³-hybridized carbons (Fsp3) is 1.00. The van der Waals surface area contributed by atoms with Gasteiger partial charge in [-0.1, -0.05) is 0 Å². The average molecular weight is 227 g/mol. The van der Waals surface area contributed by atoms with Crippen molar-refractivity contribution < 1.29 is 9.84 Å². The molecule has 0 radical (unpaired) electrons. The number of aliphatic hydroxyl groups excluding tert-OH is 1. The average Bonchev–Trinajstić information content (AvgIpc) is 2.84. The van der Waals surface area contributed by atoms with Gasteiger partial charge in [0, 0.05) is 19.2 Å². The summed E-state index contributed by atoms with van der Waals surface area (Å²) < 4.78 is 5.65. The van der Waals surface area contributed by atoms with Crippen molar-refractivity contribution in [1.29, 1.82) is 0 Å². The van der Waals surface area contributed by atoms with Gasteiger partial charge in [0.05, 0.1) is 12.2 Å². The van der Waals surface area contributed by atoms with Gasteiger partial charge in [0.15, 0.2) is 0 Å². The third-order valence-electron chi connectivity index (χ3n) is 3.87. The van der Waals surface area contributed by atoms with Crippen molar-refractivity contribution in [2.45, 2.75) is 63.7 Å². The number of hydrogen-bond donors (Lipinski definition) is 1. The molecule has 2 aliphatic heterocycles. The number of rotatable bonds is 5. The van der Waals surface area contributed by atoms with Gasteiger partial charge in [-0.2, -0.15) is 0 Å². The molecule has 2 heterocycles. The molecule has 3 unspecified atom stereocenters. The molecular formula is C13H25NO2. The summed E-state index contributed by atoms with van der Waals surface area (Å²) in [6.45, 7) is 5.23. The van der Waals surface area contributed by atoms with Gasteiger partial charge in [0.25, 0.3) is 0 Å². The quantitative estimate of drug-likeness (QED) is 0.777. The second-order valence-corrected chi connectivity index (χ2v) is 5.34. The molecule has 0 spiro atoms. The van der Waals surface area contributed by atoms with Crippen LogP contribution in [-0.2, 0) is 4.74 Å². The Bertz CT molecular complexity index is 202. The number of hydrogen-bond acceptors (Lipinski definition) is 3. The molecule has 0 saturated carbocycles. The van der Waals surface area contributed by atoms with E-state index in [1.807, 2.05) is 6.92 Å². The first-order valence-corrected chi connectivity index (χ1v) is 6.79. The predicted molar refractivity (Wildman–Crippen MR) is 64.5 cm³/mol. The maximum absolute atomic E-state index is 9.46. The van der Waals surface area contributed by atoms with Crippen LogP contribution < -0.4 is 0 Å². The van der Waals surface area contributed by atoms with E-state index in [9.17, 15) is 5.11 Å². The molecule has 0 aliphatic carbocycles. The Kier molecular flexibility index (Phi) is 4.62. The van der Waals surface area contributed by atoms with Crippen molar-refractivity contribution in [3.63, 3.8) is 0 Å². The normalized spacial score (nSPS) is 33.4. The Morgan fingerprint density at radius 2 is 2.25 bits per heavy atom. The van der Waals surface area contributed by atoms with Gasteiger partial charge < -0.3 is 14.7 Å². The van der Waals surface area contributed by atoms with E-state index in [4.69, 9.17) is 4.74 Å². The lowest BCUT2D eigenvalue weighted by molar-refractivity contribution is 0.0830. The summed E-state index contributed by atoms with van der Waals surface area (Å²) in [5.74, 6) is 0. The molecule has 0 aromatic rings. The molecule has 0 bridgehead atoms. The first-order chi connectivity index (χ1) is 7.75. The third kappa shape index (κ3) is 3.44. The summed E-state index contributed by atoms with van der Waals surface area (Å²) in [5, 5.41) is 9.46. The van der Waals surface area contributed by atoms with E-state index >= 15 is 0 Å². The molecule has 3 atom stereocenters. The largest absolute Gasteiger partial charge is 0.393 e. The minimum atomic E-state index is -0.159. The molecular weight excluding hydrogens is 202 g/mol. The molecule has 0 aromatic heterocycles. The lowest BCUT2D eigenvalue weighted by Gasteiger charge is -2.26. The van der Waals surface area contributed by atoms with E-state index in [1.54, 1.807) is 0 Å². The molecule has 3 heteroatoms. The molecule has 2 rings (SSSR count). The summed E-state index contributed by atoms with van der Waals surface area (Å²) in [5.41, 5.74) is 0. The van der Waals surface area contributed by atoms with Crippen molar-refractivity contribution >= 4 is 0 Å². The number of ether oxygens (including phenoxy) is 1. The molecule has 0 aromatic carbocycles. The van der Waals surface area contributed by atoms with Crippen LogP contribution in [0.25, 0.3) is 0 Å². The van der Waals surface area contributed by atoms with Crippen molar-refractivity contribution in [1.82, 2.24) is 4.90 Å². The van der Waals surface area contributed by atoms with Crippen molar-refractivity contribution in [3.05, 3.63) is 0 Å². The van der Waals surface area contributed by atoms with Gasteiger partial charge in [-0.05, 0) is 52.0 Å². The van der Waals surface area contributed by atoms with Crippen LogP contribution >= 0.6 is 0 Å². The monoisotopic (exact) mass is 227 g/mol. The molecule has 2 aliphatic rings. The molecule has 2 fully saturated rings. The van der Waals surface area contributed by atoms with Crippen LogP contribution in [0.4, 0.5) is 0 Å². The molecule has 0 amide bonds. The summed E-state index contributed by atoms with van der Waals surface area (Å²) >= 11 is 0. The van der Waals surface area contributed by atoms with Gasteiger partial charge in [-0.25, -0.2) is 0 Å². The van der Waals surface area contributed by atoms with E-state index in [1.165, 1.54) is 38.6 Å². The van der Waals surface area contributed by atoms with Crippen LogP contribution in [-0.4, -0.2) is 48.0 Å². The summed E-state index contributed by atoms with van der Waals surface area (Å²) in [4.78, 5) is 2.55. The maximum Gasteiger partial charge on any atom is 0.0588 e. The topological polar surface area (TPSA) is 32.7 Å². The fourth-order valence-electron chi connectivity index (χ4n) is 3.03. The van der Waals surface area contributed by atoms with E-state index < -0.39 is 0 Å². The van der Waals surface area contributed by atoms with Gasteiger partial charge in [-0.3, -0.25) is 0 Å². The van der Waals surface area contributed by atoms with Crippen molar-refractivity contribution in [2.24, 2.45) is 0 Å². The van der Waals surface area contributed by atoms with E-state index in [0.29, 0.717) is 12.1 Å². The van der Waals surface area contributed by atoms with Crippen LogP contribution in [0.3, 0.4) is 0 Å². The van der Waals surface area contributed by atoms with Crippen LogP contribution in [0.2, 0.25) is 0 Å². The summed E-state index contributed by atoms with van der Waals surface area (Å²) in [6.07, 6.45) is 7.50. The molecule has 2 saturated heterocycles. The third-order valence-corrected chi connectivity index (χ3v) is 3.87. The standard InChI is InChI=1S/C13H25NO2/c1-11(15)10-12-4-2-7-14(12)8-6-13-5-3-9-16-13/h11-13,15H,2-10H2,1H3. The maximum atomic E-state index is 9.46. The van der Waals surface area contributed by atoms with Crippen LogP contribution in [0.15, 0.2) is 0 Å². The molecule has 16 heavy (non-hydrogen) atoms. The minimum absolute atomic E-state index is 0.159. The first-order valence-electron chi connectivity index (χ1n) is 6.79. The SMILES string of the molecule is CC(O)CC1CCCN1CCC1CCCO1. The predicted octanol–water partition coefficient (Wildman–Crippen LogP) is 1.79. The van der Waals surface area contributed by atoms with Crippen LogP contribution in [0.1, 0.15) is 45.4 Å². The van der Waals surface area contributed by atoms with Crippen molar-refractivity contribution in [2.75, 3.05) is 19.7 Å². The second-order valence-electron chi connectivity index (χ2n) is 5.34. The lowest BCUT2D eigenvalue weighted by atomic mass is 10.1. The Morgan fingerprint density at radius 3 is 2.94 bits per heavy atom. The van der Waals surface area contributed by atoms with E-state index in [-0.39, 0.29) is 6.10 Å². The number of likely N-dealkylation sites (tertiary alicyclic amines) is 1. The van der Waals surface area contributed by atoms with Crippen LogP contribution in [0.5, 0.6) is 0 Å². The zero-order chi connectivity index (χ0) is 11.4. The zero-order valence-electron chi connectivity index (χ0n) is 10.4. The van der Waals surface area contributed by atoms with E-state index in [0.717, 1.165) is 19.6 Å². The summed E-state index contributed by atoms with van der Waals surface area (Å²) in [6, 6.07) is 0.612. The van der Waals surface area contributed by atoms with Gasteiger partial charge >= 0.3 is 0 Å². The minimum Gasteiger partial charge on any atom is -0.393 e. The first kappa shape index (κ1) is 12.3. The zero-order valence-corrected chi connectivity index (χ0v) is 10.4. The highest BCUT2D eigenvalue weighted by molar-refractivity contribution is 4.81. The summed E-state index contributed by atoms with van der Waals surface area (Å²) in [7, 11) is 0. The Hall–Kier alpha value is -0.120. The van der Waals surface area contributed by atoms with Crippen LogP contribution in [0, 0.1) is 0 Å².